The van der Waals surface area contributed by atoms with Crippen molar-refractivity contribution < 1.29 is 4.74 Å². The van der Waals surface area contributed by atoms with E-state index in [1.807, 2.05) is 0 Å². The minimum atomic E-state index is -0.331. The summed E-state index contributed by atoms with van der Waals surface area (Å²) in [5.41, 5.74) is -0.331. The zero-order valence-corrected chi connectivity index (χ0v) is 7.82. The maximum Gasteiger partial charge on any atom is 0.346 e. The number of nitrogens with zero attached hydrogens (tertiary/aromatic N) is 1. The molecule has 2 N–H and O–H groups in total. The highest BCUT2D eigenvalue weighted by molar-refractivity contribution is 5.31. The summed E-state index contributed by atoms with van der Waals surface area (Å²) in [4.78, 5) is 17.0. The molecule has 76 valence electrons. The lowest BCUT2D eigenvalue weighted by molar-refractivity contribution is 0.120. The molecular formula is C9H13N3O2. The maximum atomic E-state index is 10.8. The Hall–Kier alpha value is -1.36. The van der Waals surface area contributed by atoms with E-state index in [9.17, 15) is 4.79 Å². The third kappa shape index (κ3) is 2.32. The summed E-state index contributed by atoms with van der Waals surface area (Å²) >= 11 is 0. The van der Waals surface area contributed by atoms with Gasteiger partial charge in [-0.2, -0.15) is 0 Å². The van der Waals surface area contributed by atoms with Gasteiger partial charge in [-0.1, -0.05) is 0 Å². The molecule has 1 atom stereocenters. The number of H-pyrrole nitrogens is 1. The number of nitrogens with one attached hydrogen (secondary N) is 2. The highest BCUT2D eigenvalue weighted by Gasteiger charge is 2.14. The lowest BCUT2D eigenvalue weighted by Gasteiger charge is -2.10. The third-order valence-corrected chi connectivity index (χ3v) is 2.22. The predicted octanol–water partition coefficient (Wildman–Crippen LogP) is 0.361. The number of ether oxygens (including phenoxy) is 1. The van der Waals surface area contributed by atoms with Gasteiger partial charge in [0, 0.05) is 19.3 Å². The van der Waals surface area contributed by atoms with E-state index in [2.05, 4.69) is 15.3 Å². The fourth-order valence-electron chi connectivity index (χ4n) is 1.50. The first-order valence-electron chi connectivity index (χ1n) is 4.75. The monoisotopic (exact) mass is 195 g/mol. The zero-order valence-electron chi connectivity index (χ0n) is 7.82. The molecule has 2 rings (SSSR count). The Morgan fingerprint density at radius 3 is 3.36 bits per heavy atom. The van der Waals surface area contributed by atoms with E-state index in [0.29, 0.717) is 5.82 Å². The second-order valence-electron chi connectivity index (χ2n) is 3.30. The summed E-state index contributed by atoms with van der Waals surface area (Å²) in [5, 5.41) is 3.11. The normalized spacial score (nSPS) is 21.0. The van der Waals surface area contributed by atoms with Gasteiger partial charge in [-0.25, -0.2) is 9.78 Å². The molecule has 0 amide bonds. The topological polar surface area (TPSA) is 67.0 Å². The Bertz CT molecular complexity index is 344. The molecule has 1 aromatic rings. The van der Waals surface area contributed by atoms with Crippen LogP contribution in [0, 0.1) is 0 Å². The molecule has 1 aromatic heterocycles. The molecular weight excluding hydrogens is 182 g/mol. The van der Waals surface area contributed by atoms with Crippen molar-refractivity contribution in [3.05, 3.63) is 22.7 Å². The van der Waals surface area contributed by atoms with Crippen LogP contribution < -0.4 is 11.0 Å². The Labute approximate surface area is 81.5 Å². The van der Waals surface area contributed by atoms with Crippen LogP contribution >= 0.6 is 0 Å². The molecule has 0 aromatic carbocycles. The van der Waals surface area contributed by atoms with E-state index in [1.54, 1.807) is 6.07 Å². The quantitative estimate of drug-likeness (QED) is 0.730. The first kappa shape index (κ1) is 9.21. The van der Waals surface area contributed by atoms with Crippen molar-refractivity contribution in [3.8, 4) is 0 Å². The molecule has 1 fully saturated rings. The lowest BCUT2D eigenvalue weighted by Crippen LogP contribution is -2.21. The molecule has 0 saturated carbocycles. The molecule has 5 nitrogen and oxygen atoms in total. The fraction of sp³-hybridized carbons (Fsp3) is 0.556. The second kappa shape index (κ2) is 4.23. The predicted molar refractivity (Wildman–Crippen MR) is 52.3 cm³/mol. The average Bonchev–Trinajstić information content (AvgIpc) is 2.67. The summed E-state index contributed by atoms with van der Waals surface area (Å²) in [6.07, 6.45) is 3.96. The molecule has 0 bridgehead atoms. The van der Waals surface area contributed by atoms with Gasteiger partial charge in [0.25, 0.3) is 0 Å². The van der Waals surface area contributed by atoms with E-state index < -0.39 is 0 Å². The SMILES string of the molecule is O=c1nccc(NCC2CCCO2)[nH]1. The van der Waals surface area contributed by atoms with Crippen molar-refractivity contribution in [2.45, 2.75) is 18.9 Å². The van der Waals surface area contributed by atoms with Crippen molar-refractivity contribution in [1.82, 2.24) is 9.97 Å². The highest BCUT2D eigenvalue weighted by Crippen LogP contribution is 2.12. The van der Waals surface area contributed by atoms with Crippen LogP contribution in [0.2, 0.25) is 0 Å². The molecule has 1 aliphatic heterocycles. The maximum absolute atomic E-state index is 10.8. The summed E-state index contributed by atoms with van der Waals surface area (Å²) in [5.74, 6) is 0.695. The van der Waals surface area contributed by atoms with Crippen molar-refractivity contribution in [2.75, 3.05) is 18.5 Å². The van der Waals surface area contributed by atoms with Gasteiger partial charge >= 0.3 is 5.69 Å². The van der Waals surface area contributed by atoms with Crippen molar-refractivity contribution >= 4 is 5.82 Å². The summed E-state index contributed by atoms with van der Waals surface area (Å²) < 4.78 is 5.43. The van der Waals surface area contributed by atoms with Gasteiger partial charge in [0.15, 0.2) is 0 Å². The Balaban J connectivity index is 1.88. The highest BCUT2D eigenvalue weighted by atomic mass is 16.5. The van der Waals surface area contributed by atoms with Crippen LogP contribution in [-0.4, -0.2) is 29.2 Å². The molecule has 1 saturated heterocycles. The number of aromatic amines is 1. The van der Waals surface area contributed by atoms with E-state index in [1.165, 1.54) is 6.20 Å². The van der Waals surface area contributed by atoms with Gasteiger partial charge in [-0.15, -0.1) is 0 Å². The van der Waals surface area contributed by atoms with Crippen LogP contribution in [0.4, 0.5) is 5.82 Å². The van der Waals surface area contributed by atoms with Crippen LogP contribution in [0.1, 0.15) is 12.8 Å². The first-order chi connectivity index (χ1) is 6.84. The molecule has 1 unspecified atom stereocenters. The van der Waals surface area contributed by atoms with Crippen LogP contribution in [0.3, 0.4) is 0 Å². The van der Waals surface area contributed by atoms with Crippen LogP contribution in [-0.2, 0) is 4.74 Å². The average molecular weight is 195 g/mol. The van der Waals surface area contributed by atoms with Crippen LogP contribution in [0.25, 0.3) is 0 Å². The number of hydrogen-bond donors (Lipinski definition) is 2. The zero-order chi connectivity index (χ0) is 9.80. The minimum absolute atomic E-state index is 0.270. The van der Waals surface area contributed by atoms with Gasteiger partial charge < -0.3 is 10.1 Å². The Kier molecular flexibility index (Phi) is 2.78. The Morgan fingerprint density at radius 1 is 1.71 bits per heavy atom. The van der Waals surface area contributed by atoms with Crippen molar-refractivity contribution in [1.29, 1.82) is 0 Å². The summed E-state index contributed by atoms with van der Waals surface area (Å²) in [6, 6.07) is 1.73. The number of anilines is 1. The van der Waals surface area contributed by atoms with Gasteiger partial charge in [-0.3, -0.25) is 4.98 Å². The van der Waals surface area contributed by atoms with Crippen molar-refractivity contribution in [3.63, 3.8) is 0 Å². The minimum Gasteiger partial charge on any atom is -0.376 e. The van der Waals surface area contributed by atoms with E-state index >= 15 is 0 Å². The van der Waals surface area contributed by atoms with Gasteiger partial charge in [0.1, 0.15) is 5.82 Å². The lowest BCUT2D eigenvalue weighted by atomic mass is 10.2. The van der Waals surface area contributed by atoms with Crippen molar-refractivity contribution in [2.24, 2.45) is 0 Å². The summed E-state index contributed by atoms with van der Waals surface area (Å²) in [6.45, 7) is 1.58. The van der Waals surface area contributed by atoms with Gasteiger partial charge in [0.2, 0.25) is 0 Å². The fourth-order valence-corrected chi connectivity index (χ4v) is 1.50. The van der Waals surface area contributed by atoms with E-state index in [4.69, 9.17) is 4.74 Å². The molecule has 1 aliphatic rings. The second-order valence-corrected chi connectivity index (χ2v) is 3.30. The smallest absolute Gasteiger partial charge is 0.346 e. The molecule has 14 heavy (non-hydrogen) atoms. The molecule has 5 heteroatoms. The first-order valence-corrected chi connectivity index (χ1v) is 4.75. The number of aromatic nitrogens is 2. The Morgan fingerprint density at radius 2 is 2.64 bits per heavy atom. The molecule has 2 heterocycles. The third-order valence-electron chi connectivity index (χ3n) is 2.22. The number of hydrogen-bond acceptors (Lipinski definition) is 4. The van der Waals surface area contributed by atoms with E-state index in [0.717, 1.165) is 26.0 Å². The largest absolute Gasteiger partial charge is 0.376 e. The van der Waals surface area contributed by atoms with Crippen LogP contribution in [0.5, 0.6) is 0 Å². The molecule has 0 aliphatic carbocycles. The van der Waals surface area contributed by atoms with Gasteiger partial charge in [-0.05, 0) is 18.9 Å². The molecule has 0 radical (unpaired) electrons. The molecule has 0 spiro atoms. The van der Waals surface area contributed by atoms with E-state index in [-0.39, 0.29) is 11.8 Å². The standard InChI is InChI=1S/C9H13N3O2/c13-9-10-4-3-8(12-9)11-6-7-2-1-5-14-7/h3-4,7H,1-2,5-6H2,(H2,10,11,12,13). The summed E-state index contributed by atoms with van der Waals surface area (Å²) in [7, 11) is 0. The van der Waals surface area contributed by atoms with Crippen LogP contribution in [0.15, 0.2) is 17.1 Å². The van der Waals surface area contributed by atoms with Gasteiger partial charge in [0.05, 0.1) is 6.10 Å². The number of rotatable bonds is 3.